The minimum absolute atomic E-state index is 0.0379. The zero-order valence-corrected chi connectivity index (χ0v) is 78.6. The lowest BCUT2D eigenvalue weighted by molar-refractivity contribution is -0.650. The number of ketones is 2. The van der Waals surface area contributed by atoms with Gasteiger partial charge in [0.05, 0.1) is 63.9 Å². The summed E-state index contributed by atoms with van der Waals surface area (Å²) in [5.74, 6) is -18.8. The van der Waals surface area contributed by atoms with Gasteiger partial charge in [-0.1, -0.05) is 109 Å². The van der Waals surface area contributed by atoms with Crippen LogP contribution in [0.3, 0.4) is 0 Å². The van der Waals surface area contributed by atoms with Gasteiger partial charge in [-0.15, -0.1) is 0 Å². The average Bonchev–Trinajstić information content (AvgIpc) is 0.738. The SMILES string of the molecule is C[NH2+][C@H](CC(C)C)C(O)=N[C@H]1C(O)=[NH+][C@@H](CC([NH-])=O)C(O)=N[C@H]2C(O)=N[C@@H]3C4=C/C(=C5/C(O)=CC(=O)C=C5[C@@H](C(=O)O)N=C(O)[C@@H](N=C3O)[C@H](O)c3ccc(c(Cl)c3)Oc3cc2cc(c3O[C@@H]2O[C@H](CO)[C@@H](O)[C@H](O)[C@H]2O[C@H]2C[C@](C)(N=C(O)CCCN(C(O)=C3c5ccccc5N(CCCS(=O)(=O)O)c5ccccc53)S(=O)(=O)c3ccc(C)cc3)[C@H](O)[C@H](C)O2)Oc2ccc(cc2Cl)[C@H]1O)C(=O)C=C4. The number of carboxylic acid groups (broad SMARTS) is 1. The highest BCUT2D eigenvalue weighted by Crippen LogP contribution is 2.52. The molecule has 2 fully saturated rings. The molecule has 2 saturated heterocycles. The first kappa shape index (κ1) is 103. The number of nitrogens with zero attached hydrogens (tertiary/aromatic N) is 8. The van der Waals surface area contributed by atoms with Crippen molar-refractivity contribution in [2.24, 2.45) is 35.9 Å². The number of fused-ring (bicyclic) bond motifs is 12. The van der Waals surface area contributed by atoms with E-state index in [1.54, 1.807) is 84.9 Å². The smallest absolute Gasteiger partial charge is 0.361 e. The standard InChI is InChI=1S/C94H101Cl2N11O31S2/c1-42(2)31-57(98-6)85(119)103-76-78(114)46-21-26-63(55(95)33-46)134-65-35-48-36-66(135-64-27-22-47(34-56(64)96)79(115)77-90(124)102-75(92(126)127)54-37-49(109)38-62(111)71(54)53-32-45(20-25-61(53)110)73(87(121)104-77)101-88(122)74(48)100-86(120)58(39-68(97)112)99-89(76)123)82(65)138-93-83(81(117)80(116)67(41-108)136-93)137-70-40-94(5,84(118)44(4)133-70)105-69(113)17-11-29-107(140(131,132)50-23-18-43(3)19-24-50)91(125)72-51-13-7-9-15-59(51)106(28-12-30-139(128,129)130)60-16-10-8-14-52(60)72/h7-10,13-16,18-27,32-38,42,44,57-58,67,70,73-81,83-84,93,98,108,114-118H,11-12,17,28-31,39-41H2,1-6H3,(H13,97,99,100,101,102,103,104,105,109,111,112,113,119,120,121,122,123,124,125,126,127,128,129,130)/p+1/b71-53-/t44-,57+,58-,67+,70-,73+,74+,75-,76+,77-,78+,79+,80+,81-,83+,84+,93-,94-/m0/s1. The maximum atomic E-state index is 15.1. The molecule has 0 radical (unpaired) electrons. The summed E-state index contributed by atoms with van der Waals surface area (Å²) in [4.78, 5) is 84.3. The Hall–Kier alpha value is -13.0. The van der Waals surface area contributed by atoms with Crippen LogP contribution in [0.5, 0.6) is 28.7 Å². The molecular formula is C94H102Cl2N11O31S2+. The van der Waals surface area contributed by atoms with Gasteiger partial charge in [0.25, 0.3) is 26.0 Å². The number of aliphatic carboxylic acids is 1. The van der Waals surface area contributed by atoms with E-state index in [1.807, 2.05) is 13.8 Å². The summed E-state index contributed by atoms with van der Waals surface area (Å²) in [5, 5.41) is 196. The van der Waals surface area contributed by atoms with E-state index in [2.05, 4.69) is 34.9 Å². The molecule has 0 unspecified atom stereocenters. The van der Waals surface area contributed by atoms with Crippen LogP contribution in [0.25, 0.3) is 11.3 Å². The molecule has 6 aromatic carbocycles. The summed E-state index contributed by atoms with van der Waals surface area (Å²) in [5.41, 5.74) is 5.17. The average molecular weight is 2020 g/mol. The van der Waals surface area contributed by atoms with Gasteiger partial charge in [-0.05, 0) is 141 Å². The second-order valence-electron chi connectivity index (χ2n) is 34.9. The van der Waals surface area contributed by atoms with Crippen molar-refractivity contribution in [1.29, 1.82) is 0 Å². The summed E-state index contributed by atoms with van der Waals surface area (Å²) in [6.07, 6.45) is -17.8. The van der Waals surface area contributed by atoms with Crippen LogP contribution in [-0.2, 0) is 53.5 Å². The predicted octanol–water partition coefficient (Wildman–Crippen LogP) is 7.26. The van der Waals surface area contributed by atoms with E-state index in [9.17, 15) is 114 Å². The molecule has 0 aromatic heterocycles. The third-order valence-corrected chi connectivity index (χ3v) is 27.6. The number of amides is 1. The van der Waals surface area contributed by atoms with Crippen molar-refractivity contribution in [3.05, 3.63) is 235 Å². The summed E-state index contributed by atoms with van der Waals surface area (Å²) in [7, 11) is -7.51. The van der Waals surface area contributed by atoms with Crippen molar-refractivity contribution in [1.82, 2.24) is 4.31 Å². The number of rotatable bonds is 25. The van der Waals surface area contributed by atoms with Crippen LogP contribution in [0.2, 0.25) is 10.0 Å². The molecule has 11 bridgehead atoms. The number of anilines is 2. The van der Waals surface area contributed by atoms with Crippen LogP contribution in [0, 0.1) is 12.8 Å². The number of aryl methyl sites for hydroxylation is 1. The molecule has 16 rings (SSSR count). The maximum absolute atomic E-state index is 15.1. The molecule has 46 heteroatoms. The number of aliphatic imine (C=N–C) groups is 6. The third-order valence-electron chi connectivity index (χ3n) is 24.4. The van der Waals surface area contributed by atoms with Crippen molar-refractivity contribution in [2.45, 2.75) is 187 Å². The number of carbonyl (C=O) groups excluding carboxylic acids is 3. The van der Waals surface area contributed by atoms with Gasteiger partial charge in [-0.25, -0.2) is 52.5 Å². The van der Waals surface area contributed by atoms with Crippen LogP contribution in [0.1, 0.15) is 118 Å². The molecule has 18 atom stereocenters. The fourth-order valence-electron chi connectivity index (χ4n) is 17.4. The van der Waals surface area contributed by atoms with Crippen LogP contribution in [0.4, 0.5) is 11.4 Å². The summed E-state index contributed by atoms with van der Waals surface area (Å²) in [6.45, 7) is 6.62. The number of para-hydroxylation sites is 2. The molecule has 8 heterocycles. The molecule has 0 spiro atoms. The van der Waals surface area contributed by atoms with Crippen molar-refractivity contribution in [2.75, 3.05) is 37.4 Å². The number of allylic oxidation sites excluding steroid dienone is 6. The number of aliphatic hydroxyl groups is 15. The Morgan fingerprint density at radius 3 is 1.94 bits per heavy atom. The minimum atomic E-state index is -4.73. The van der Waals surface area contributed by atoms with Gasteiger partial charge in [-0.2, -0.15) is 8.42 Å². The molecule has 6 aromatic rings. The van der Waals surface area contributed by atoms with Gasteiger partial charge in [-0.3, -0.25) is 14.1 Å². The van der Waals surface area contributed by atoms with Crippen molar-refractivity contribution in [3.8, 4) is 28.7 Å². The van der Waals surface area contributed by atoms with Crippen molar-refractivity contribution in [3.63, 3.8) is 0 Å². The van der Waals surface area contributed by atoms with Gasteiger partial charge >= 0.3 is 11.9 Å². The third kappa shape index (κ3) is 22.1. The highest BCUT2D eigenvalue weighted by molar-refractivity contribution is 7.89. The lowest BCUT2D eigenvalue weighted by Gasteiger charge is -2.46. The Balaban J connectivity index is 0.902. The number of hydrogen-bond donors (Lipinski definition) is 19. The molecule has 10 aliphatic rings. The van der Waals surface area contributed by atoms with Crippen LogP contribution in [-0.4, -0.2) is 296 Å². The first-order valence-corrected chi connectivity index (χ1v) is 47.8. The number of halogens is 2. The van der Waals surface area contributed by atoms with Gasteiger partial charge in [0.1, 0.15) is 53.9 Å². The van der Waals surface area contributed by atoms with E-state index in [0.717, 1.165) is 58.9 Å². The van der Waals surface area contributed by atoms with E-state index in [0.29, 0.717) is 40.2 Å². The molecule has 1 amide bonds. The fourth-order valence-corrected chi connectivity index (χ4v) is 19.8. The van der Waals surface area contributed by atoms with E-state index in [1.165, 1.54) is 38.1 Å². The quantitative estimate of drug-likeness (QED) is 0.0116. The lowest BCUT2D eigenvalue weighted by Crippen LogP contribution is -2.88. The molecular weight excluding hydrogens is 1910 g/mol. The van der Waals surface area contributed by atoms with E-state index in [4.69, 9.17) is 57.4 Å². The highest BCUT2D eigenvalue weighted by Gasteiger charge is 2.53. The zero-order valence-electron chi connectivity index (χ0n) is 75.4. The second kappa shape index (κ2) is 42.2. The van der Waals surface area contributed by atoms with Crippen LogP contribution < -0.4 is 29.4 Å². The summed E-state index contributed by atoms with van der Waals surface area (Å²) in [6, 6.07) is 13.2. The number of ether oxygens (including phenoxy) is 6. The van der Waals surface area contributed by atoms with Gasteiger partial charge < -0.3 is 131 Å². The normalized spacial score (nSPS) is 27.0. The maximum Gasteiger partial charge on any atom is 0.361 e. The molecule has 2 aliphatic carbocycles. The number of hydrogen-bond acceptors (Lipinski definition) is 29. The van der Waals surface area contributed by atoms with Gasteiger partial charge in [0.15, 0.2) is 71.6 Å². The number of nitrogens with two attached hydrogens (primary N) is 1. The Labute approximate surface area is 809 Å². The van der Waals surface area contributed by atoms with Crippen molar-refractivity contribution >= 4 is 125 Å². The Kier molecular flexibility index (Phi) is 31.0. The number of nitrogens with one attached hydrogen (secondary N) is 2. The Morgan fingerprint density at radius 1 is 0.736 bits per heavy atom. The van der Waals surface area contributed by atoms with E-state index in [-0.39, 0.29) is 53.3 Å². The minimum Gasteiger partial charge on any atom is -0.668 e. The number of quaternary nitrogens is 1. The fraction of sp³-hybridized carbons (Fsp3) is 0.372. The largest absolute Gasteiger partial charge is 0.668 e. The molecule has 42 nitrogen and oxygen atoms in total. The monoisotopic (exact) mass is 2010 g/mol. The predicted molar refractivity (Wildman–Crippen MR) is 506 cm³/mol. The first-order chi connectivity index (χ1) is 66.2. The number of benzene rings is 6. The van der Waals surface area contributed by atoms with Gasteiger partial charge in [0, 0.05) is 77.6 Å². The highest BCUT2D eigenvalue weighted by atomic mass is 35.5. The molecule has 21 N–H and O–H groups in total. The number of aliphatic hydroxyl groups excluding tert-OH is 15. The summed E-state index contributed by atoms with van der Waals surface area (Å²) < 4.78 is 104. The molecule has 8 aliphatic heterocycles. The van der Waals surface area contributed by atoms with Crippen molar-refractivity contribution < 1.29 is 161 Å². The molecule has 140 heavy (non-hydrogen) atoms. The Morgan fingerprint density at radius 2 is 1.35 bits per heavy atom. The van der Waals surface area contributed by atoms with Crippen LogP contribution >= 0.6 is 23.2 Å². The van der Waals surface area contributed by atoms with Crippen LogP contribution in [0.15, 0.2) is 220 Å². The number of sulfonamides is 1. The lowest BCUT2D eigenvalue weighted by atomic mass is 9.83. The zero-order chi connectivity index (χ0) is 101. The summed E-state index contributed by atoms with van der Waals surface area (Å²) >= 11 is 14.4. The second-order valence-corrected chi connectivity index (χ2v) is 39.1. The molecule has 744 valence electrons. The number of carboxylic acids is 1. The van der Waals surface area contributed by atoms with Gasteiger partial charge in [0.2, 0.25) is 53.6 Å². The van der Waals surface area contributed by atoms with E-state index >= 15 is 8.42 Å². The Bertz CT molecular complexity index is 6510. The topological polar surface area (TPSA) is 671 Å². The van der Waals surface area contributed by atoms with E-state index < -0.39 is 311 Å². The molecule has 0 saturated carbocycles. The number of likely N-dealkylation sites (N-methyl/N-ethyl adjacent to an activating group) is 1. The number of carbonyl (C=O) groups is 4. The first-order valence-electron chi connectivity index (χ1n) is 44.0.